The maximum absolute atomic E-state index is 14.1. The van der Waals surface area contributed by atoms with E-state index in [0.29, 0.717) is 11.7 Å². The number of carbonyl (C=O) groups is 1. The van der Waals surface area contributed by atoms with Crippen LogP contribution >= 0.6 is 23.4 Å². The molecule has 0 bridgehead atoms. The molecular formula is C35H34ClN3O2S. The van der Waals surface area contributed by atoms with Crippen LogP contribution in [0.15, 0.2) is 120 Å². The molecule has 0 aliphatic carbocycles. The zero-order valence-corrected chi connectivity index (χ0v) is 25.5. The normalized spacial score (nSPS) is 21.5. The first kappa shape index (κ1) is 28.5. The number of rotatable bonds is 9. The van der Waals surface area contributed by atoms with Crippen LogP contribution in [0.1, 0.15) is 36.1 Å². The smallest absolute Gasteiger partial charge is 0.244 e. The van der Waals surface area contributed by atoms with Crippen LogP contribution in [-0.4, -0.2) is 45.3 Å². The molecule has 2 aliphatic rings. The van der Waals surface area contributed by atoms with E-state index in [4.69, 9.17) is 21.3 Å². The fourth-order valence-corrected chi connectivity index (χ4v) is 8.30. The van der Waals surface area contributed by atoms with Crippen LogP contribution in [0.5, 0.6) is 5.75 Å². The Morgan fingerprint density at radius 3 is 1.86 bits per heavy atom. The van der Waals surface area contributed by atoms with Crippen LogP contribution in [-0.2, 0) is 16.9 Å². The minimum absolute atomic E-state index is 0.0352. The highest BCUT2D eigenvalue weighted by atomic mass is 35.5. The van der Waals surface area contributed by atoms with Gasteiger partial charge in [-0.1, -0.05) is 115 Å². The van der Waals surface area contributed by atoms with Crippen LogP contribution in [0.2, 0.25) is 0 Å². The Bertz CT molecular complexity index is 1470. The standard InChI is InChI=1S/C35H34ClN3O2S/c1-34(2)30(31(36)37-23-24-19-21-28(41-3)22-20-24)39-32(40)29(33(39)42-34)38-35(25-13-7-4-8-14-25,26-15-9-5-10-16-26)27-17-11-6-12-18-27/h4-22,29-30,33,38H,23H2,1-3H3/b37-31+/t29?,30?,33-/m1/s1. The highest BCUT2D eigenvalue weighted by molar-refractivity contribution is 8.01. The molecule has 2 aliphatic heterocycles. The summed E-state index contributed by atoms with van der Waals surface area (Å²) in [5.41, 5.74) is 3.53. The number of aliphatic imine (C=N–C) groups is 1. The first-order valence-electron chi connectivity index (χ1n) is 14.1. The number of thioether (sulfide) groups is 1. The number of methoxy groups -OCH3 is 1. The number of nitrogens with zero attached hydrogens (tertiary/aromatic N) is 2. The summed E-state index contributed by atoms with van der Waals surface area (Å²) in [7, 11) is 1.65. The van der Waals surface area contributed by atoms with E-state index < -0.39 is 11.6 Å². The summed E-state index contributed by atoms with van der Waals surface area (Å²) < 4.78 is 4.95. The Hall–Kier alpha value is -3.58. The fraction of sp³-hybridized carbons (Fsp3) is 0.257. The summed E-state index contributed by atoms with van der Waals surface area (Å²) >= 11 is 8.69. The molecule has 0 aromatic heterocycles. The van der Waals surface area contributed by atoms with E-state index >= 15 is 0 Å². The molecule has 2 fully saturated rings. The van der Waals surface area contributed by atoms with Gasteiger partial charge in [-0.3, -0.25) is 15.1 Å². The minimum atomic E-state index is -0.731. The van der Waals surface area contributed by atoms with Crippen LogP contribution in [0.3, 0.4) is 0 Å². The SMILES string of the molecule is COc1ccc(C/N=C(/Cl)C2N3C(=O)C(NC(c4ccccc4)(c4ccccc4)c4ccccc4)[C@H]3SC2(C)C)cc1. The van der Waals surface area contributed by atoms with Crippen molar-refractivity contribution in [2.75, 3.05) is 7.11 Å². The van der Waals surface area contributed by atoms with Crippen molar-refractivity contribution in [1.29, 1.82) is 0 Å². The summed E-state index contributed by atoms with van der Waals surface area (Å²) in [4.78, 5) is 20.7. The Labute approximate surface area is 257 Å². The van der Waals surface area contributed by atoms with Gasteiger partial charge in [0.1, 0.15) is 22.3 Å². The molecule has 0 radical (unpaired) electrons. The van der Waals surface area contributed by atoms with E-state index in [1.807, 2.05) is 47.4 Å². The Morgan fingerprint density at radius 1 is 0.881 bits per heavy atom. The highest BCUT2D eigenvalue weighted by Gasteiger charge is 2.64. The van der Waals surface area contributed by atoms with Gasteiger partial charge in [-0.15, -0.1) is 11.8 Å². The molecular weight excluding hydrogens is 562 g/mol. The van der Waals surface area contributed by atoms with Crippen molar-refractivity contribution in [1.82, 2.24) is 10.2 Å². The highest BCUT2D eigenvalue weighted by Crippen LogP contribution is 2.53. The third-order valence-corrected chi connectivity index (χ3v) is 10.1. The number of ether oxygens (including phenoxy) is 1. The van der Waals surface area contributed by atoms with Crippen molar-refractivity contribution in [3.63, 3.8) is 0 Å². The average molecular weight is 596 g/mol. The lowest BCUT2D eigenvalue weighted by Gasteiger charge is -2.49. The van der Waals surface area contributed by atoms with Gasteiger partial charge < -0.3 is 9.64 Å². The Morgan fingerprint density at radius 2 is 1.38 bits per heavy atom. The number of nitrogens with one attached hydrogen (secondary N) is 1. The number of halogens is 1. The van der Waals surface area contributed by atoms with Crippen molar-refractivity contribution < 1.29 is 9.53 Å². The quantitative estimate of drug-likeness (QED) is 0.131. The summed E-state index contributed by atoms with van der Waals surface area (Å²) in [5.74, 6) is 0.834. The maximum atomic E-state index is 14.1. The van der Waals surface area contributed by atoms with Crippen LogP contribution in [0, 0.1) is 0 Å². The molecule has 4 aromatic carbocycles. The number of hydrogen-bond acceptors (Lipinski definition) is 5. The number of benzene rings is 4. The van der Waals surface area contributed by atoms with E-state index in [2.05, 4.69) is 92.0 Å². The Balaban J connectivity index is 1.33. The minimum Gasteiger partial charge on any atom is -0.497 e. The lowest BCUT2D eigenvalue weighted by Crippen LogP contribution is -2.72. The van der Waals surface area contributed by atoms with Gasteiger partial charge in [0.05, 0.1) is 25.2 Å². The van der Waals surface area contributed by atoms with Gasteiger partial charge in [-0.2, -0.15) is 0 Å². The molecule has 214 valence electrons. The van der Waals surface area contributed by atoms with Crippen molar-refractivity contribution in [3.8, 4) is 5.75 Å². The van der Waals surface area contributed by atoms with Gasteiger partial charge >= 0.3 is 0 Å². The van der Waals surface area contributed by atoms with Crippen LogP contribution in [0.4, 0.5) is 0 Å². The second kappa shape index (κ2) is 11.6. The van der Waals surface area contributed by atoms with Crippen LogP contribution in [0.25, 0.3) is 0 Å². The number of β-lactam (4-membered cyclic amide) rings is 1. The molecule has 5 nitrogen and oxygen atoms in total. The zero-order chi connectivity index (χ0) is 29.3. The van der Waals surface area contributed by atoms with E-state index in [1.54, 1.807) is 18.9 Å². The lowest BCUT2D eigenvalue weighted by atomic mass is 9.76. The van der Waals surface area contributed by atoms with E-state index in [0.717, 1.165) is 28.0 Å². The summed E-state index contributed by atoms with van der Waals surface area (Å²) in [6.07, 6.45) is 0. The molecule has 1 amide bonds. The largest absolute Gasteiger partial charge is 0.497 e. The first-order valence-corrected chi connectivity index (χ1v) is 15.4. The molecule has 7 heteroatoms. The monoisotopic (exact) mass is 595 g/mol. The zero-order valence-electron chi connectivity index (χ0n) is 23.9. The molecule has 6 rings (SSSR count). The number of amides is 1. The molecule has 2 unspecified atom stereocenters. The second-order valence-electron chi connectivity index (χ2n) is 11.2. The fourth-order valence-electron chi connectivity index (χ4n) is 6.16. The summed E-state index contributed by atoms with van der Waals surface area (Å²) in [6.45, 7) is 4.73. The third-order valence-electron chi connectivity index (χ3n) is 8.23. The molecule has 2 heterocycles. The Kier molecular flexibility index (Phi) is 7.88. The van der Waals surface area contributed by atoms with Crippen molar-refractivity contribution in [2.24, 2.45) is 4.99 Å². The second-order valence-corrected chi connectivity index (χ2v) is 13.4. The number of fused-ring (bicyclic) bond motifs is 1. The van der Waals surface area contributed by atoms with Crippen molar-refractivity contribution >= 4 is 34.4 Å². The predicted octanol–water partition coefficient (Wildman–Crippen LogP) is 6.85. The third kappa shape index (κ3) is 5.02. The van der Waals surface area contributed by atoms with Crippen LogP contribution < -0.4 is 10.1 Å². The van der Waals surface area contributed by atoms with Crippen molar-refractivity contribution in [3.05, 3.63) is 138 Å². The molecule has 0 saturated carbocycles. The molecule has 2 saturated heterocycles. The topological polar surface area (TPSA) is 53.9 Å². The van der Waals surface area contributed by atoms with Gasteiger partial charge in [0, 0.05) is 4.75 Å². The molecule has 0 spiro atoms. The lowest BCUT2D eigenvalue weighted by molar-refractivity contribution is -0.147. The van der Waals surface area contributed by atoms with Gasteiger partial charge in [0.2, 0.25) is 5.91 Å². The molecule has 3 atom stereocenters. The van der Waals surface area contributed by atoms with E-state index in [1.165, 1.54) is 0 Å². The van der Waals surface area contributed by atoms with E-state index in [9.17, 15) is 4.79 Å². The first-order chi connectivity index (χ1) is 20.3. The maximum Gasteiger partial charge on any atom is 0.244 e. The average Bonchev–Trinajstić information content (AvgIpc) is 3.29. The molecule has 4 aromatic rings. The predicted molar refractivity (Wildman–Crippen MR) is 172 cm³/mol. The molecule has 1 N–H and O–H groups in total. The van der Waals surface area contributed by atoms with Gasteiger partial charge in [-0.05, 0) is 48.2 Å². The summed E-state index contributed by atoms with van der Waals surface area (Å²) in [6, 6.07) is 38.2. The number of carbonyl (C=O) groups excluding carboxylic acids is 1. The van der Waals surface area contributed by atoms with Gasteiger partial charge in [0.15, 0.2) is 0 Å². The molecule has 42 heavy (non-hydrogen) atoms. The summed E-state index contributed by atoms with van der Waals surface area (Å²) in [5, 5.41) is 4.27. The number of hydrogen-bond donors (Lipinski definition) is 1. The van der Waals surface area contributed by atoms with E-state index in [-0.39, 0.29) is 22.1 Å². The van der Waals surface area contributed by atoms with Gasteiger partial charge in [0.25, 0.3) is 0 Å². The van der Waals surface area contributed by atoms with Crippen molar-refractivity contribution in [2.45, 2.75) is 48.1 Å². The van der Waals surface area contributed by atoms with Gasteiger partial charge in [-0.25, -0.2) is 0 Å².